The van der Waals surface area contributed by atoms with Crippen molar-refractivity contribution in [3.05, 3.63) is 24.3 Å². The molecule has 0 radical (unpaired) electrons. The van der Waals surface area contributed by atoms with E-state index in [0.717, 1.165) is 18.7 Å². The number of hydrogen-bond acceptors (Lipinski definition) is 4. The molecule has 1 aromatic rings. The van der Waals surface area contributed by atoms with Crippen LogP contribution in [0.25, 0.3) is 0 Å². The molecule has 0 saturated carbocycles. The van der Waals surface area contributed by atoms with Gasteiger partial charge < -0.3 is 11.1 Å². The Morgan fingerprint density at radius 2 is 1.87 bits per heavy atom. The molecule has 0 aromatic heterocycles. The smallest absolute Gasteiger partial charge is 0.294 e. The van der Waals surface area contributed by atoms with Gasteiger partial charge in [-0.1, -0.05) is 0 Å². The van der Waals surface area contributed by atoms with E-state index in [4.69, 9.17) is 10.3 Å². The molecular weight excluding hydrogens is 216 g/mol. The largest absolute Gasteiger partial charge is 0.385 e. The van der Waals surface area contributed by atoms with E-state index in [-0.39, 0.29) is 4.90 Å². The van der Waals surface area contributed by atoms with Gasteiger partial charge in [0.25, 0.3) is 10.1 Å². The normalized spacial score (nSPS) is 11.3. The Labute approximate surface area is 89.0 Å². The van der Waals surface area contributed by atoms with Crippen LogP contribution in [-0.4, -0.2) is 26.1 Å². The van der Waals surface area contributed by atoms with Crippen molar-refractivity contribution in [3.63, 3.8) is 0 Å². The second-order valence-corrected chi connectivity index (χ2v) is 4.49. The molecule has 0 aliphatic rings. The highest BCUT2D eigenvalue weighted by Crippen LogP contribution is 2.13. The van der Waals surface area contributed by atoms with Gasteiger partial charge in [-0.15, -0.1) is 0 Å². The van der Waals surface area contributed by atoms with E-state index in [0.29, 0.717) is 6.54 Å². The van der Waals surface area contributed by atoms with Crippen molar-refractivity contribution in [3.8, 4) is 0 Å². The second-order valence-electron chi connectivity index (χ2n) is 3.07. The maximum atomic E-state index is 10.7. The van der Waals surface area contributed by atoms with Crippen LogP contribution in [0.2, 0.25) is 0 Å². The van der Waals surface area contributed by atoms with Crippen molar-refractivity contribution in [2.45, 2.75) is 11.3 Å². The zero-order chi connectivity index (χ0) is 11.3. The van der Waals surface area contributed by atoms with Gasteiger partial charge in [0.15, 0.2) is 0 Å². The molecule has 5 nitrogen and oxygen atoms in total. The predicted octanol–water partition coefficient (Wildman–Crippen LogP) is 0.694. The van der Waals surface area contributed by atoms with Gasteiger partial charge in [-0.25, -0.2) is 0 Å². The van der Waals surface area contributed by atoms with Gasteiger partial charge in [0, 0.05) is 12.2 Å². The second kappa shape index (κ2) is 5.11. The summed E-state index contributed by atoms with van der Waals surface area (Å²) in [6, 6.07) is 5.89. The molecule has 1 rings (SSSR count). The topological polar surface area (TPSA) is 92.4 Å². The molecule has 0 atom stereocenters. The van der Waals surface area contributed by atoms with Gasteiger partial charge in [-0.3, -0.25) is 4.55 Å². The summed E-state index contributed by atoms with van der Waals surface area (Å²) in [5.41, 5.74) is 6.12. The lowest BCUT2D eigenvalue weighted by molar-refractivity contribution is 0.483. The standard InChI is InChI=1S/C9H14N2O3S/c10-6-1-7-11-8-2-4-9(5-3-8)15(12,13)14/h2-5,11H,1,6-7,10H2,(H,12,13,14). The first-order chi connectivity index (χ1) is 7.04. The van der Waals surface area contributed by atoms with Crippen molar-refractivity contribution in [2.75, 3.05) is 18.4 Å². The number of benzene rings is 1. The Morgan fingerprint density at radius 3 is 2.33 bits per heavy atom. The third-order valence-electron chi connectivity index (χ3n) is 1.86. The van der Waals surface area contributed by atoms with Crippen LogP contribution in [-0.2, 0) is 10.1 Å². The van der Waals surface area contributed by atoms with E-state index >= 15 is 0 Å². The molecule has 6 heteroatoms. The van der Waals surface area contributed by atoms with E-state index in [1.54, 1.807) is 12.1 Å². The predicted molar refractivity (Wildman–Crippen MR) is 58.4 cm³/mol. The van der Waals surface area contributed by atoms with Crippen molar-refractivity contribution < 1.29 is 13.0 Å². The first-order valence-electron chi connectivity index (χ1n) is 4.55. The van der Waals surface area contributed by atoms with Crippen molar-refractivity contribution in [2.24, 2.45) is 5.73 Å². The fourth-order valence-corrected chi connectivity index (χ4v) is 1.56. The number of anilines is 1. The molecule has 15 heavy (non-hydrogen) atoms. The Hall–Kier alpha value is -1.11. The summed E-state index contributed by atoms with van der Waals surface area (Å²) >= 11 is 0. The summed E-state index contributed by atoms with van der Waals surface area (Å²) in [6.07, 6.45) is 0.847. The van der Waals surface area contributed by atoms with Crippen LogP contribution in [0.1, 0.15) is 6.42 Å². The minimum absolute atomic E-state index is 0.105. The molecule has 1 aromatic carbocycles. The van der Waals surface area contributed by atoms with E-state index in [2.05, 4.69) is 5.32 Å². The van der Waals surface area contributed by atoms with Crippen LogP contribution in [0.3, 0.4) is 0 Å². The van der Waals surface area contributed by atoms with Crippen molar-refractivity contribution in [1.82, 2.24) is 0 Å². The highest BCUT2D eigenvalue weighted by Gasteiger charge is 2.07. The Morgan fingerprint density at radius 1 is 1.27 bits per heavy atom. The van der Waals surface area contributed by atoms with Gasteiger partial charge in [-0.2, -0.15) is 8.42 Å². The minimum Gasteiger partial charge on any atom is -0.385 e. The van der Waals surface area contributed by atoms with Gasteiger partial charge in [-0.05, 0) is 37.2 Å². The summed E-state index contributed by atoms with van der Waals surface area (Å²) in [5, 5.41) is 3.07. The van der Waals surface area contributed by atoms with Gasteiger partial charge in [0.05, 0.1) is 4.90 Å². The van der Waals surface area contributed by atoms with Crippen LogP contribution in [0, 0.1) is 0 Å². The SMILES string of the molecule is NCCCNc1ccc(S(=O)(=O)O)cc1. The number of nitrogens with two attached hydrogens (primary N) is 1. The first kappa shape index (κ1) is 12.0. The molecule has 0 spiro atoms. The van der Waals surface area contributed by atoms with Gasteiger partial charge >= 0.3 is 0 Å². The molecule has 0 bridgehead atoms. The lowest BCUT2D eigenvalue weighted by Gasteiger charge is -2.05. The van der Waals surface area contributed by atoms with Gasteiger partial charge in [0.1, 0.15) is 0 Å². The summed E-state index contributed by atoms with van der Waals surface area (Å²) in [5.74, 6) is 0. The zero-order valence-electron chi connectivity index (χ0n) is 8.18. The average molecular weight is 230 g/mol. The molecule has 0 amide bonds. The monoisotopic (exact) mass is 230 g/mol. The van der Waals surface area contributed by atoms with E-state index in [1.165, 1.54) is 12.1 Å². The quantitative estimate of drug-likeness (QED) is 0.511. The summed E-state index contributed by atoms with van der Waals surface area (Å²) in [7, 11) is -4.09. The lowest BCUT2D eigenvalue weighted by Crippen LogP contribution is -2.08. The highest BCUT2D eigenvalue weighted by atomic mass is 32.2. The minimum atomic E-state index is -4.09. The first-order valence-corrected chi connectivity index (χ1v) is 5.99. The summed E-state index contributed by atoms with van der Waals surface area (Å²) in [4.78, 5) is -0.105. The maximum absolute atomic E-state index is 10.7. The molecule has 0 unspecified atom stereocenters. The molecule has 0 aliphatic heterocycles. The average Bonchev–Trinajstić information content (AvgIpc) is 2.18. The van der Waals surface area contributed by atoms with E-state index < -0.39 is 10.1 Å². The van der Waals surface area contributed by atoms with E-state index in [9.17, 15) is 8.42 Å². The van der Waals surface area contributed by atoms with Crippen LogP contribution in [0.5, 0.6) is 0 Å². The zero-order valence-corrected chi connectivity index (χ0v) is 9.00. The molecule has 0 heterocycles. The van der Waals surface area contributed by atoms with Crippen LogP contribution in [0.4, 0.5) is 5.69 Å². The molecule has 0 aliphatic carbocycles. The Balaban J connectivity index is 2.65. The maximum Gasteiger partial charge on any atom is 0.294 e. The number of hydrogen-bond donors (Lipinski definition) is 3. The van der Waals surface area contributed by atoms with Crippen LogP contribution in [0.15, 0.2) is 29.2 Å². The summed E-state index contributed by atoms with van der Waals surface area (Å²) < 4.78 is 30.2. The van der Waals surface area contributed by atoms with E-state index in [1.807, 2.05) is 0 Å². The number of nitrogens with one attached hydrogen (secondary N) is 1. The fraction of sp³-hybridized carbons (Fsp3) is 0.333. The van der Waals surface area contributed by atoms with Gasteiger partial charge in [0.2, 0.25) is 0 Å². The fourth-order valence-electron chi connectivity index (χ4n) is 1.08. The third kappa shape index (κ3) is 3.86. The summed E-state index contributed by atoms with van der Waals surface area (Å²) in [6.45, 7) is 1.35. The molecular formula is C9H14N2O3S. The molecule has 0 fully saturated rings. The number of rotatable bonds is 5. The Kier molecular flexibility index (Phi) is 4.07. The lowest BCUT2D eigenvalue weighted by atomic mass is 10.3. The molecule has 84 valence electrons. The highest BCUT2D eigenvalue weighted by molar-refractivity contribution is 7.85. The molecule has 4 N–H and O–H groups in total. The van der Waals surface area contributed by atoms with Crippen molar-refractivity contribution >= 4 is 15.8 Å². The molecule has 0 saturated heterocycles. The van der Waals surface area contributed by atoms with Crippen LogP contribution >= 0.6 is 0 Å². The van der Waals surface area contributed by atoms with Crippen LogP contribution < -0.4 is 11.1 Å². The third-order valence-corrected chi connectivity index (χ3v) is 2.73. The van der Waals surface area contributed by atoms with Crippen molar-refractivity contribution in [1.29, 1.82) is 0 Å². The Bertz CT molecular complexity index is 400.